The molecule has 2 aromatic carbocycles. The Hall–Kier alpha value is -2.82. The monoisotopic (exact) mass is 349 g/mol. The molecule has 0 unspecified atom stereocenters. The minimum atomic E-state index is 0.0181. The Morgan fingerprint density at radius 1 is 1.15 bits per heavy atom. The van der Waals surface area contributed by atoms with Crippen LogP contribution in [0.3, 0.4) is 0 Å². The summed E-state index contributed by atoms with van der Waals surface area (Å²) in [7, 11) is 0. The van der Waals surface area contributed by atoms with Crippen LogP contribution in [0, 0.1) is 0 Å². The molecule has 5 nitrogen and oxygen atoms in total. The molecule has 0 atom stereocenters. The van der Waals surface area contributed by atoms with Gasteiger partial charge in [-0.05, 0) is 26.3 Å². The molecule has 0 bridgehead atoms. The number of hydrogen-bond donors (Lipinski definition) is 2. The van der Waals surface area contributed by atoms with E-state index in [9.17, 15) is 4.79 Å². The van der Waals surface area contributed by atoms with Crippen molar-refractivity contribution in [3.8, 4) is 11.3 Å². The quantitative estimate of drug-likeness (QED) is 0.476. The SMILES string of the molecule is CCCCNc1cc(NC(C)C)c2c3c(onc13)-c1ccccc1C2=O. The Balaban J connectivity index is 1.97. The fraction of sp³-hybridized carbons (Fsp3) is 0.333. The molecular formula is C21H23N3O2. The lowest BCUT2D eigenvalue weighted by molar-refractivity contribution is 0.104. The van der Waals surface area contributed by atoms with Crippen molar-refractivity contribution in [2.75, 3.05) is 17.2 Å². The van der Waals surface area contributed by atoms with E-state index >= 15 is 0 Å². The molecule has 5 heteroatoms. The molecule has 0 spiro atoms. The summed E-state index contributed by atoms with van der Waals surface area (Å²) in [6.45, 7) is 7.15. The number of hydrogen-bond acceptors (Lipinski definition) is 5. The van der Waals surface area contributed by atoms with Gasteiger partial charge in [0.15, 0.2) is 11.5 Å². The first-order valence-corrected chi connectivity index (χ1v) is 9.22. The molecule has 0 saturated carbocycles. The van der Waals surface area contributed by atoms with Crippen molar-refractivity contribution in [1.82, 2.24) is 5.16 Å². The Morgan fingerprint density at radius 3 is 2.65 bits per heavy atom. The lowest BCUT2D eigenvalue weighted by atomic mass is 9.86. The van der Waals surface area contributed by atoms with E-state index in [1.54, 1.807) is 0 Å². The van der Waals surface area contributed by atoms with Gasteiger partial charge in [0.1, 0.15) is 5.52 Å². The van der Waals surface area contributed by atoms with Gasteiger partial charge in [0.05, 0.1) is 16.6 Å². The number of ketones is 1. The maximum absolute atomic E-state index is 13.2. The number of fused-ring (bicyclic) bond motifs is 2. The van der Waals surface area contributed by atoms with Crippen LogP contribution in [0.1, 0.15) is 49.5 Å². The molecule has 2 N–H and O–H groups in total. The summed E-state index contributed by atoms with van der Waals surface area (Å²) in [5, 5.41) is 12.0. The topological polar surface area (TPSA) is 67.2 Å². The summed E-state index contributed by atoms with van der Waals surface area (Å²) >= 11 is 0. The van der Waals surface area contributed by atoms with Crippen LogP contribution >= 0.6 is 0 Å². The minimum absolute atomic E-state index is 0.0181. The summed E-state index contributed by atoms with van der Waals surface area (Å²) in [4.78, 5) is 13.2. The number of rotatable bonds is 6. The van der Waals surface area contributed by atoms with E-state index in [2.05, 4.69) is 36.6 Å². The maximum atomic E-state index is 13.2. The largest absolute Gasteiger partial charge is 0.383 e. The summed E-state index contributed by atoms with van der Waals surface area (Å²) in [6.07, 6.45) is 2.18. The average molecular weight is 349 g/mol. The molecule has 0 amide bonds. The summed E-state index contributed by atoms with van der Waals surface area (Å²) < 4.78 is 5.71. The van der Waals surface area contributed by atoms with Crippen LogP contribution in [-0.2, 0) is 0 Å². The zero-order valence-electron chi connectivity index (χ0n) is 15.3. The molecule has 0 aliphatic heterocycles. The summed E-state index contributed by atoms with van der Waals surface area (Å²) in [5.74, 6) is 0.695. The number of unbranched alkanes of at least 4 members (excludes halogenated alkanes) is 1. The highest BCUT2D eigenvalue weighted by Gasteiger charge is 2.32. The molecule has 26 heavy (non-hydrogen) atoms. The minimum Gasteiger partial charge on any atom is -0.383 e. The average Bonchev–Trinajstić information content (AvgIpc) is 3.06. The standard InChI is InChI=1S/C21H23N3O2/c1-4-5-10-22-16-11-15(23-12(2)3)17-18-19(16)24-26-21(18)14-9-7-6-8-13(14)20(17)25/h6-9,11-12,22-23H,4-5,10H2,1-3H3. The van der Waals surface area contributed by atoms with Gasteiger partial charge in [0, 0.05) is 29.4 Å². The highest BCUT2D eigenvalue weighted by Crippen LogP contribution is 2.45. The van der Waals surface area contributed by atoms with Crippen molar-refractivity contribution < 1.29 is 9.32 Å². The van der Waals surface area contributed by atoms with E-state index in [1.807, 2.05) is 30.3 Å². The Kier molecular flexibility index (Phi) is 4.15. The Morgan fingerprint density at radius 2 is 1.92 bits per heavy atom. The molecule has 3 aromatic rings. The van der Waals surface area contributed by atoms with Gasteiger partial charge in [-0.15, -0.1) is 0 Å². The molecular weight excluding hydrogens is 326 g/mol. The zero-order valence-corrected chi connectivity index (χ0v) is 15.3. The van der Waals surface area contributed by atoms with Crippen LogP contribution in [0.2, 0.25) is 0 Å². The van der Waals surface area contributed by atoms with E-state index in [0.717, 1.165) is 47.2 Å². The third kappa shape index (κ3) is 2.55. The predicted octanol–water partition coefficient (Wildman–Crippen LogP) is 5.07. The zero-order chi connectivity index (χ0) is 18.3. The molecule has 0 saturated heterocycles. The summed E-state index contributed by atoms with van der Waals surface area (Å²) in [6, 6.07) is 9.77. The van der Waals surface area contributed by atoms with Gasteiger partial charge >= 0.3 is 0 Å². The molecule has 1 heterocycles. The molecule has 0 fully saturated rings. The molecule has 1 aliphatic carbocycles. The van der Waals surface area contributed by atoms with Gasteiger partial charge in [0.25, 0.3) is 0 Å². The van der Waals surface area contributed by atoms with Crippen molar-refractivity contribution in [2.24, 2.45) is 0 Å². The lowest BCUT2D eigenvalue weighted by Gasteiger charge is -2.21. The Labute approximate surface area is 152 Å². The van der Waals surface area contributed by atoms with E-state index < -0.39 is 0 Å². The van der Waals surface area contributed by atoms with Crippen molar-refractivity contribution in [3.05, 3.63) is 41.5 Å². The van der Waals surface area contributed by atoms with E-state index in [4.69, 9.17) is 4.52 Å². The van der Waals surface area contributed by atoms with Gasteiger partial charge in [-0.3, -0.25) is 4.79 Å². The number of nitrogens with one attached hydrogen (secondary N) is 2. The number of nitrogens with zero attached hydrogens (tertiary/aromatic N) is 1. The van der Waals surface area contributed by atoms with Crippen LogP contribution in [0.15, 0.2) is 34.9 Å². The number of aromatic nitrogens is 1. The first-order chi connectivity index (χ1) is 12.6. The van der Waals surface area contributed by atoms with Gasteiger partial charge in [0.2, 0.25) is 0 Å². The molecule has 1 aromatic heterocycles. The smallest absolute Gasteiger partial charge is 0.196 e. The van der Waals surface area contributed by atoms with Gasteiger partial charge in [-0.25, -0.2) is 0 Å². The third-order valence-corrected chi connectivity index (χ3v) is 4.69. The first-order valence-electron chi connectivity index (χ1n) is 9.22. The van der Waals surface area contributed by atoms with Crippen molar-refractivity contribution in [3.63, 3.8) is 0 Å². The highest BCUT2D eigenvalue weighted by atomic mass is 16.5. The second kappa shape index (κ2) is 6.48. The second-order valence-corrected chi connectivity index (χ2v) is 7.04. The number of benzene rings is 2. The van der Waals surface area contributed by atoms with E-state index in [0.29, 0.717) is 16.9 Å². The molecule has 0 radical (unpaired) electrons. The normalized spacial score (nSPS) is 12.5. The van der Waals surface area contributed by atoms with Crippen LogP contribution in [-0.4, -0.2) is 23.5 Å². The highest BCUT2D eigenvalue weighted by molar-refractivity contribution is 6.28. The predicted molar refractivity (Wildman–Crippen MR) is 105 cm³/mol. The lowest BCUT2D eigenvalue weighted by Crippen LogP contribution is -2.17. The summed E-state index contributed by atoms with van der Waals surface area (Å²) in [5.41, 5.74) is 4.59. The van der Waals surface area contributed by atoms with E-state index in [1.165, 1.54) is 0 Å². The van der Waals surface area contributed by atoms with Crippen LogP contribution in [0.5, 0.6) is 0 Å². The van der Waals surface area contributed by atoms with Gasteiger partial charge in [-0.1, -0.05) is 42.8 Å². The van der Waals surface area contributed by atoms with Crippen LogP contribution in [0.25, 0.3) is 22.2 Å². The third-order valence-electron chi connectivity index (χ3n) is 4.69. The van der Waals surface area contributed by atoms with Crippen molar-refractivity contribution in [2.45, 2.75) is 39.7 Å². The van der Waals surface area contributed by atoms with E-state index in [-0.39, 0.29) is 11.8 Å². The fourth-order valence-corrected chi connectivity index (χ4v) is 3.52. The Bertz CT molecular complexity index is 988. The number of carbonyl (C=O) groups excluding carboxylic acids is 1. The first kappa shape index (κ1) is 16.6. The number of anilines is 2. The second-order valence-electron chi connectivity index (χ2n) is 7.04. The number of carbonyl (C=O) groups is 1. The van der Waals surface area contributed by atoms with Crippen molar-refractivity contribution >= 4 is 28.1 Å². The van der Waals surface area contributed by atoms with Crippen molar-refractivity contribution in [1.29, 1.82) is 0 Å². The maximum Gasteiger partial charge on any atom is 0.196 e. The fourth-order valence-electron chi connectivity index (χ4n) is 3.52. The van der Waals surface area contributed by atoms with Crippen LogP contribution in [0.4, 0.5) is 11.4 Å². The van der Waals surface area contributed by atoms with Gasteiger partial charge < -0.3 is 15.2 Å². The van der Waals surface area contributed by atoms with Crippen LogP contribution < -0.4 is 10.6 Å². The van der Waals surface area contributed by atoms with Gasteiger partial charge in [-0.2, -0.15) is 0 Å². The molecule has 1 aliphatic rings. The molecule has 134 valence electrons. The molecule has 4 rings (SSSR count).